The van der Waals surface area contributed by atoms with Crippen LogP contribution in [0.1, 0.15) is 18.4 Å². The van der Waals surface area contributed by atoms with Gasteiger partial charge >= 0.3 is 6.03 Å². The number of nitrogens with zero attached hydrogens (tertiary/aromatic N) is 2. The molecule has 2 bridgehead atoms. The second kappa shape index (κ2) is 6.26. The first kappa shape index (κ1) is 13.4. The molecule has 1 aromatic carbocycles. The van der Waals surface area contributed by atoms with Crippen molar-refractivity contribution in [2.75, 3.05) is 13.1 Å². The summed E-state index contributed by atoms with van der Waals surface area (Å²) in [5, 5.41) is 1.57. The fourth-order valence-electron chi connectivity index (χ4n) is 2.49. The SMILES string of the molecule is C#C.O=C1N2CCCC(C2)N1OCc1ccccc1. The van der Waals surface area contributed by atoms with Crippen molar-refractivity contribution in [3.63, 3.8) is 0 Å². The van der Waals surface area contributed by atoms with Crippen LogP contribution in [-0.4, -0.2) is 35.1 Å². The summed E-state index contributed by atoms with van der Waals surface area (Å²) in [6.45, 7) is 2.17. The van der Waals surface area contributed by atoms with Crippen LogP contribution in [0.5, 0.6) is 0 Å². The number of urea groups is 1. The van der Waals surface area contributed by atoms with Crippen LogP contribution < -0.4 is 0 Å². The quantitative estimate of drug-likeness (QED) is 0.779. The van der Waals surface area contributed by atoms with Gasteiger partial charge in [0.25, 0.3) is 0 Å². The highest BCUT2D eigenvalue weighted by Crippen LogP contribution is 2.25. The molecular formula is C15H18N2O2. The van der Waals surface area contributed by atoms with Gasteiger partial charge in [0.1, 0.15) is 6.61 Å². The highest BCUT2D eigenvalue weighted by atomic mass is 16.7. The summed E-state index contributed by atoms with van der Waals surface area (Å²) >= 11 is 0. The van der Waals surface area contributed by atoms with Crippen LogP contribution in [0, 0.1) is 12.8 Å². The van der Waals surface area contributed by atoms with E-state index in [1.165, 1.54) is 0 Å². The van der Waals surface area contributed by atoms with Gasteiger partial charge in [-0.3, -0.25) is 4.84 Å². The Labute approximate surface area is 113 Å². The predicted molar refractivity (Wildman–Crippen MR) is 73.0 cm³/mol. The largest absolute Gasteiger partial charge is 0.344 e. The normalized spacial score (nSPS) is 20.9. The summed E-state index contributed by atoms with van der Waals surface area (Å²) in [6.07, 6.45) is 10.1. The highest BCUT2D eigenvalue weighted by molar-refractivity contribution is 5.76. The van der Waals surface area contributed by atoms with Gasteiger partial charge in [-0.1, -0.05) is 30.3 Å². The summed E-state index contributed by atoms with van der Waals surface area (Å²) in [7, 11) is 0. The molecule has 1 unspecified atom stereocenters. The number of piperidine rings is 1. The molecule has 3 rings (SSSR count). The number of hydrogen-bond donors (Lipinski definition) is 0. The standard InChI is InChI=1S/C13H16N2O2.C2H2/c16-13-14-8-4-7-12(9-14)15(13)17-10-11-5-2-1-3-6-11;1-2/h1-3,5-6,12H,4,7-10H2;1-2H. The number of amides is 2. The summed E-state index contributed by atoms with van der Waals surface area (Å²) < 4.78 is 0. The summed E-state index contributed by atoms with van der Waals surface area (Å²) in [5.41, 5.74) is 1.09. The van der Waals surface area contributed by atoms with Crippen molar-refractivity contribution >= 4 is 6.03 Å². The number of rotatable bonds is 3. The maximum Gasteiger partial charge on any atom is 0.344 e. The van der Waals surface area contributed by atoms with Gasteiger partial charge in [-0.05, 0) is 18.4 Å². The average molecular weight is 258 g/mol. The molecule has 0 N–H and O–H groups in total. The van der Waals surface area contributed by atoms with Crippen molar-refractivity contribution in [2.24, 2.45) is 0 Å². The molecule has 2 heterocycles. The van der Waals surface area contributed by atoms with Gasteiger partial charge < -0.3 is 4.90 Å². The van der Waals surface area contributed by atoms with Crippen molar-refractivity contribution < 1.29 is 9.63 Å². The zero-order chi connectivity index (χ0) is 13.7. The number of benzene rings is 1. The van der Waals surface area contributed by atoms with Gasteiger partial charge in [0, 0.05) is 13.1 Å². The van der Waals surface area contributed by atoms with Crippen molar-refractivity contribution in [1.82, 2.24) is 9.96 Å². The van der Waals surface area contributed by atoms with Crippen LogP contribution in [0.2, 0.25) is 0 Å². The summed E-state index contributed by atoms with van der Waals surface area (Å²) in [5.74, 6) is 0. The molecule has 4 heteroatoms. The number of hydroxylamine groups is 2. The first-order valence-corrected chi connectivity index (χ1v) is 6.43. The predicted octanol–water partition coefficient (Wildman–Crippen LogP) is 2.27. The number of terminal acetylenes is 1. The molecule has 100 valence electrons. The molecule has 0 aromatic heterocycles. The minimum Gasteiger partial charge on any atom is -0.321 e. The maximum atomic E-state index is 11.9. The van der Waals surface area contributed by atoms with E-state index in [9.17, 15) is 4.79 Å². The van der Waals surface area contributed by atoms with Crippen LogP contribution in [-0.2, 0) is 11.4 Å². The van der Waals surface area contributed by atoms with Crippen LogP contribution >= 0.6 is 0 Å². The Hall–Kier alpha value is -1.99. The van der Waals surface area contributed by atoms with Crippen LogP contribution in [0.4, 0.5) is 4.79 Å². The second-order valence-electron chi connectivity index (χ2n) is 4.61. The number of hydrogen-bond acceptors (Lipinski definition) is 2. The van der Waals surface area contributed by atoms with E-state index in [1.54, 1.807) is 5.06 Å². The minimum atomic E-state index is 0.0310. The van der Waals surface area contributed by atoms with E-state index < -0.39 is 0 Å². The lowest BCUT2D eigenvalue weighted by Gasteiger charge is -2.22. The van der Waals surface area contributed by atoms with Crippen molar-refractivity contribution in [3.05, 3.63) is 35.9 Å². The molecule has 2 amide bonds. The van der Waals surface area contributed by atoms with E-state index in [0.717, 1.165) is 31.5 Å². The minimum absolute atomic E-state index is 0.0310. The molecule has 2 fully saturated rings. The number of carbonyl (C=O) groups is 1. The maximum absolute atomic E-state index is 11.9. The lowest BCUT2D eigenvalue weighted by Crippen LogP contribution is -2.33. The zero-order valence-corrected chi connectivity index (χ0v) is 10.9. The van der Waals surface area contributed by atoms with E-state index in [4.69, 9.17) is 4.84 Å². The molecule has 0 saturated carbocycles. The van der Waals surface area contributed by atoms with Crippen molar-refractivity contribution in [2.45, 2.75) is 25.5 Å². The smallest absolute Gasteiger partial charge is 0.321 e. The Morgan fingerprint density at radius 3 is 2.68 bits per heavy atom. The van der Waals surface area contributed by atoms with Gasteiger partial charge in [0.05, 0.1) is 6.04 Å². The molecule has 1 aromatic rings. The Balaban J connectivity index is 0.000000637. The first-order valence-electron chi connectivity index (χ1n) is 6.43. The Bertz CT molecular complexity index is 444. The zero-order valence-electron chi connectivity index (χ0n) is 10.9. The van der Waals surface area contributed by atoms with E-state index in [2.05, 4.69) is 12.8 Å². The third-order valence-electron chi connectivity index (χ3n) is 3.40. The monoisotopic (exact) mass is 258 g/mol. The molecule has 4 nitrogen and oxygen atoms in total. The number of fused-ring (bicyclic) bond motifs is 2. The number of carbonyl (C=O) groups excluding carboxylic acids is 1. The molecule has 2 aliphatic rings. The second-order valence-corrected chi connectivity index (χ2v) is 4.61. The molecule has 0 aliphatic carbocycles. The van der Waals surface area contributed by atoms with Gasteiger partial charge in [-0.25, -0.2) is 4.79 Å². The van der Waals surface area contributed by atoms with E-state index in [-0.39, 0.29) is 12.1 Å². The molecule has 2 saturated heterocycles. The van der Waals surface area contributed by atoms with Gasteiger partial charge in [-0.2, -0.15) is 5.06 Å². The van der Waals surface area contributed by atoms with Crippen molar-refractivity contribution in [3.8, 4) is 12.8 Å². The third-order valence-corrected chi connectivity index (χ3v) is 3.40. The summed E-state index contributed by atoms with van der Waals surface area (Å²) in [6, 6.07) is 10.2. The Morgan fingerprint density at radius 1 is 1.26 bits per heavy atom. The molecular weight excluding hydrogens is 240 g/mol. The molecule has 1 atom stereocenters. The average Bonchev–Trinajstić information content (AvgIpc) is 2.70. The van der Waals surface area contributed by atoms with Crippen LogP contribution in [0.25, 0.3) is 0 Å². The lowest BCUT2D eigenvalue weighted by molar-refractivity contribution is -0.140. The van der Waals surface area contributed by atoms with E-state index >= 15 is 0 Å². The fraction of sp³-hybridized carbons (Fsp3) is 0.400. The van der Waals surface area contributed by atoms with Gasteiger partial charge in [-0.15, -0.1) is 12.8 Å². The van der Waals surface area contributed by atoms with Gasteiger partial charge in [0.2, 0.25) is 0 Å². The van der Waals surface area contributed by atoms with Crippen molar-refractivity contribution in [1.29, 1.82) is 0 Å². The lowest BCUT2D eigenvalue weighted by atomic mass is 10.1. The summed E-state index contributed by atoms with van der Waals surface area (Å²) in [4.78, 5) is 19.5. The molecule has 19 heavy (non-hydrogen) atoms. The Kier molecular flexibility index (Phi) is 4.43. The molecule has 0 spiro atoms. The first-order chi connectivity index (χ1) is 9.34. The molecule has 0 radical (unpaired) electrons. The van der Waals surface area contributed by atoms with Crippen LogP contribution in [0.3, 0.4) is 0 Å². The van der Waals surface area contributed by atoms with E-state index in [1.807, 2.05) is 35.2 Å². The molecule has 2 aliphatic heterocycles. The fourth-order valence-corrected chi connectivity index (χ4v) is 2.49. The topological polar surface area (TPSA) is 32.8 Å². The third kappa shape index (κ3) is 2.88. The van der Waals surface area contributed by atoms with Crippen LogP contribution in [0.15, 0.2) is 30.3 Å². The van der Waals surface area contributed by atoms with E-state index in [0.29, 0.717) is 6.61 Å². The highest BCUT2D eigenvalue weighted by Gasteiger charge is 2.40. The Morgan fingerprint density at radius 2 is 2.00 bits per heavy atom. The van der Waals surface area contributed by atoms with Gasteiger partial charge in [0.15, 0.2) is 0 Å².